The smallest absolute Gasteiger partial charge is 0.335 e. The van der Waals surface area contributed by atoms with E-state index in [-0.39, 0.29) is 17.0 Å². The molecule has 5 nitrogen and oxygen atoms in total. The molecule has 0 aromatic heterocycles. The van der Waals surface area contributed by atoms with E-state index in [1.54, 1.807) is 6.07 Å². The van der Waals surface area contributed by atoms with Crippen LogP contribution in [0.25, 0.3) is 10.8 Å². The number of fused-ring (bicyclic) bond motifs is 3. The molecule has 5 heteroatoms. The van der Waals surface area contributed by atoms with Crippen LogP contribution >= 0.6 is 0 Å². The average Bonchev–Trinajstić information content (AvgIpc) is 2.73. The Balaban J connectivity index is 2.45. The third kappa shape index (κ3) is 1.89. The highest BCUT2D eigenvalue weighted by molar-refractivity contribution is 6.27. The molecule has 0 spiro atoms. The number of carboxylic acid groups (broad SMARTS) is 1. The lowest BCUT2D eigenvalue weighted by Gasteiger charge is -2.12. The summed E-state index contributed by atoms with van der Waals surface area (Å²) >= 11 is 0. The van der Waals surface area contributed by atoms with Crippen LogP contribution in [0.3, 0.4) is 0 Å². The van der Waals surface area contributed by atoms with Gasteiger partial charge in [-0.1, -0.05) is 26.0 Å². The number of rotatable bonds is 2. The summed E-state index contributed by atoms with van der Waals surface area (Å²) < 4.78 is 0. The number of carbonyl (C=O) groups is 3. The maximum absolute atomic E-state index is 12.1. The Hall–Kier alpha value is -2.69. The largest absolute Gasteiger partial charge is 0.478 e. The summed E-state index contributed by atoms with van der Waals surface area (Å²) in [6.45, 7) is 3.90. The van der Waals surface area contributed by atoms with Crippen molar-refractivity contribution in [3.8, 4) is 0 Å². The van der Waals surface area contributed by atoms with Gasteiger partial charge in [0.25, 0.3) is 11.8 Å². The van der Waals surface area contributed by atoms with Gasteiger partial charge in [0, 0.05) is 0 Å². The molecule has 0 saturated heterocycles. The number of carboxylic acids is 1. The first-order valence-electron chi connectivity index (χ1n) is 6.59. The first kappa shape index (κ1) is 13.3. The van der Waals surface area contributed by atoms with Crippen molar-refractivity contribution in [1.29, 1.82) is 0 Å². The summed E-state index contributed by atoms with van der Waals surface area (Å²) in [5.74, 6) is -1.87. The van der Waals surface area contributed by atoms with Crippen molar-refractivity contribution < 1.29 is 19.5 Å². The van der Waals surface area contributed by atoms with Crippen LogP contribution in [0.4, 0.5) is 0 Å². The summed E-state index contributed by atoms with van der Waals surface area (Å²) in [4.78, 5) is 35.2. The number of benzene rings is 2. The van der Waals surface area contributed by atoms with Crippen molar-refractivity contribution in [2.45, 2.75) is 19.8 Å². The normalized spacial score (nSPS) is 13.7. The van der Waals surface area contributed by atoms with E-state index >= 15 is 0 Å². The Kier molecular flexibility index (Phi) is 2.79. The Morgan fingerprint density at radius 3 is 2.38 bits per heavy atom. The van der Waals surface area contributed by atoms with Crippen molar-refractivity contribution in [3.05, 3.63) is 46.5 Å². The lowest BCUT2D eigenvalue weighted by Crippen LogP contribution is -2.20. The molecule has 0 radical (unpaired) electrons. The van der Waals surface area contributed by atoms with Gasteiger partial charge in [-0.15, -0.1) is 0 Å². The molecule has 1 heterocycles. The lowest BCUT2D eigenvalue weighted by atomic mass is 9.89. The van der Waals surface area contributed by atoms with E-state index in [4.69, 9.17) is 5.11 Å². The van der Waals surface area contributed by atoms with E-state index in [1.807, 2.05) is 19.9 Å². The van der Waals surface area contributed by atoms with Crippen molar-refractivity contribution >= 4 is 28.6 Å². The molecule has 1 aliphatic rings. The minimum atomic E-state index is -1.07. The van der Waals surface area contributed by atoms with Crippen molar-refractivity contribution in [2.75, 3.05) is 0 Å². The Morgan fingerprint density at radius 1 is 1.10 bits per heavy atom. The highest BCUT2D eigenvalue weighted by atomic mass is 16.4. The number of aromatic carboxylic acids is 1. The third-order valence-corrected chi connectivity index (χ3v) is 3.72. The van der Waals surface area contributed by atoms with Crippen molar-refractivity contribution in [3.63, 3.8) is 0 Å². The van der Waals surface area contributed by atoms with Gasteiger partial charge in [-0.25, -0.2) is 4.79 Å². The summed E-state index contributed by atoms with van der Waals surface area (Å²) in [6.07, 6.45) is 0. The Labute approximate surface area is 120 Å². The monoisotopic (exact) mass is 283 g/mol. The first-order chi connectivity index (χ1) is 9.90. The molecule has 2 aromatic carbocycles. The van der Waals surface area contributed by atoms with Crippen LogP contribution in [0, 0.1) is 0 Å². The minimum Gasteiger partial charge on any atom is -0.478 e. The second-order valence-electron chi connectivity index (χ2n) is 5.39. The van der Waals surface area contributed by atoms with Crippen LogP contribution in [0.2, 0.25) is 0 Å². The fourth-order valence-electron chi connectivity index (χ4n) is 2.71. The van der Waals surface area contributed by atoms with Crippen molar-refractivity contribution in [2.24, 2.45) is 0 Å². The zero-order valence-corrected chi connectivity index (χ0v) is 11.6. The van der Waals surface area contributed by atoms with Gasteiger partial charge in [0.2, 0.25) is 0 Å². The molecule has 3 rings (SSSR count). The van der Waals surface area contributed by atoms with Gasteiger partial charge >= 0.3 is 5.97 Å². The minimum absolute atomic E-state index is 0.0824. The number of amides is 2. The van der Waals surface area contributed by atoms with Gasteiger partial charge in [0.1, 0.15) is 0 Å². The van der Waals surface area contributed by atoms with Crippen LogP contribution in [0.1, 0.15) is 56.4 Å². The van der Waals surface area contributed by atoms with Crippen LogP contribution in [0.15, 0.2) is 24.3 Å². The number of nitrogens with one attached hydrogen (secondary N) is 1. The molecule has 0 bridgehead atoms. The van der Waals surface area contributed by atoms with Gasteiger partial charge in [0.05, 0.1) is 16.7 Å². The molecule has 2 aromatic rings. The van der Waals surface area contributed by atoms with Crippen molar-refractivity contribution in [1.82, 2.24) is 5.32 Å². The predicted octanol–water partition coefficient (Wildman–Crippen LogP) is 2.54. The predicted molar refractivity (Wildman–Crippen MR) is 76.8 cm³/mol. The standard InChI is InChI=1S/C16H13NO4/c1-7(2)10-5-8-3-4-9(16(20)21)6-11(8)13-12(10)14(18)17-15(13)19/h3-7H,1-2H3,(H,20,21)(H,17,18,19). The highest BCUT2D eigenvalue weighted by Gasteiger charge is 2.32. The highest BCUT2D eigenvalue weighted by Crippen LogP contribution is 2.33. The molecule has 106 valence electrons. The van der Waals surface area contributed by atoms with E-state index in [9.17, 15) is 14.4 Å². The molecule has 2 N–H and O–H groups in total. The fraction of sp³-hybridized carbons (Fsp3) is 0.188. The van der Waals surface area contributed by atoms with Crippen LogP contribution in [0.5, 0.6) is 0 Å². The zero-order chi connectivity index (χ0) is 15.3. The number of hydrogen-bond donors (Lipinski definition) is 2. The molecule has 0 unspecified atom stereocenters. The molecule has 0 aliphatic carbocycles. The summed E-state index contributed by atoms with van der Waals surface area (Å²) in [5, 5.41) is 12.6. The molecule has 1 aliphatic heterocycles. The molecular formula is C16H13NO4. The second kappa shape index (κ2) is 4.41. The van der Waals surface area contributed by atoms with Gasteiger partial charge in [-0.3, -0.25) is 14.9 Å². The molecular weight excluding hydrogens is 270 g/mol. The average molecular weight is 283 g/mol. The summed E-state index contributed by atoms with van der Waals surface area (Å²) in [5.41, 5.74) is 1.53. The van der Waals surface area contributed by atoms with Gasteiger partial charge in [-0.2, -0.15) is 0 Å². The van der Waals surface area contributed by atoms with Crippen LogP contribution in [-0.2, 0) is 0 Å². The van der Waals surface area contributed by atoms with Gasteiger partial charge in [-0.05, 0) is 34.4 Å². The van der Waals surface area contributed by atoms with Crippen LogP contribution in [-0.4, -0.2) is 22.9 Å². The Morgan fingerprint density at radius 2 is 1.76 bits per heavy atom. The summed E-state index contributed by atoms with van der Waals surface area (Å²) in [6, 6.07) is 6.46. The molecule has 2 amide bonds. The maximum atomic E-state index is 12.1. The SMILES string of the molecule is CC(C)c1cc2ccc(C(=O)O)cc2c2c1C(=O)NC2=O. The molecule has 0 saturated carbocycles. The first-order valence-corrected chi connectivity index (χ1v) is 6.59. The number of imide groups is 1. The van der Waals surface area contributed by atoms with E-state index in [0.717, 1.165) is 10.9 Å². The lowest BCUT2D eigenvalue weighted by molar-refractivity contribution is 0.0696. The zero-order valence-electron chi connectivity index (χ0n) is 11.6. The molecule has 0 atom stereocenters. The fourth-order valence-corrected chi connectivity index (χ4v) is 2.71. The Bertz CT molecular complexity index is 821. The van der Waals surface area contributed by atoms with E-state index in [1.165, 1.54) is 12.1 Å². The maximum Gasteiger partial charge on any atom is 0.335 e. The van der Waals surface area contributed by atoms with E-state index in [0.29, 0.717) is 10.9 Å². The number of carbonyl (C=O) groups excluding carboxylic acids is 2. The van der Waals surface area contributed by atoms with Crippen LogP contribution < -0.4 is 5.32 Å². The van der Waals surface area contributed by atoms with Gasteiger partial charge < -0.3 is 5.11 Å². The molecule has 21 heavy (non-hydrogen) atoms. The molecule has 0 fully saturated rings. The van der Waals surface area contributed by atoms with Gasteiger partial charge in [0.15, 0.2) is 0 Å². The summed E-state index contributed by atoms with van der Waals surface area (Å²) in [7, 11) is 0. The van der Waals surface area contributed by atoms with E-state index < -0.39 is 17.8 Å². The number of hydrogen-bond acceptors (Lipinski definition) is 3. The topological polar surface area (TPSA) is 83.5 Å². The van der Waals surface area contributed by atoms with E-state index in [2.05, 4.69) is 5.32 Å². The quantitative estimate of drug-likeness (QED) is 0.830. The third-order valence-electron chi connectivity index (χ3n) is 3.72. The second-order valence-corrected chi connectivity index (χ2v) is 5.39.